The number of hydrogen-bond acceptors (Lipinski definition) is 3. The summed E-state index contributed by atoms with van der Waals surface area (Å²) in [4.78, 5) is 11.4. The summed E-state index contributed by atoms with van der Waals surface area (Å²) in [5.74, 6) is -0.258. The molecule has 1 spiro atoms. The van der Waals surface area contributed by atoms with Crippen LogP contribution in [-0.4, -0.2) is 19.2 Å². The Morgan fingerprint density at radius 2 is 2.33 bits per heavy atom. The average molecular weight is 204 g/mol. The second kappa shape index (κ2) is 2.83. The molecule has 2 atom stereocenters. The van der Waals surface area contributed by atoms with Crippen molar-refractivity contribution < 1.29 is 14.3 Å². The largest absolute Gasteiger partial charge is 0.467 e. The Morgan fingerprint density at radius 1 is 1.53 bits per heavy atom. The van der Waals surface area contributed by atoms with Crippen LogP contribution in [0.25, 0.3) is 0 Å². The van der Waals surface area contributed by atoms with Crippen LogP contribution in [0.5, 0.6) is 0 Å². The van der Waals surface area contributed by atoms with Gasteiger partial charge in [0.2, 0.25) is 0 Å². The maximum atomic E-state index is 11.4. The van der Waals surface area contributed by atoms with Crippen molar-refractivity contribution in [1.82, 2.24) is 0 Å². The van der Waals surface area contributed by atoms with Crippen LogP contribution in [0.4, 0.5) is 0 Å². The monoisotopic (exact) mass is 204 g/mol. The van der Waals surface area contributed by atoms with Gasteiger partial charge in [0.25, 0.3) is 0 Å². The minimum atomic E-state index is -0.383. The van der Waals surface area contributed by atoms with Crippen molar-refractivity contribution in [2.45, 2.75) is 24.5 Å². The molecule has 2 aliphatic rings. The smallest absolute Gasteiger partial charge is 0.338 e. The topological polar surface area (TPSA) is 38.8 Å². The molecule has 0 saturated carbocycles. The van der Waals surface area contributed by atoms with Crippen molar-refractivity contribution in [2.24, 2.45) is 0 Å². The molecule has 3 nitrogen and oxygen atoms in total. The van der Waals surface area contributed by atoms with E-state index >= 15 is 0 Å². The van der Waals surface area contributed by atoms with E-state index in [1.807, 2.05) is 18.2 Å². The zero-order valence-electron chi connectivity index (χ0n) is 8.53. The van der Waals surface area contributed by atoms with Gasteiger partial charge in [-0.25, -0.2) is 4.79 Å². The molecule has 1 aliphatic carbocycles. The predicted octanol–water partition coefficient (Wildman–Crippen LogP) is 1.40. The number of carbonyl (C=O) groups excluding carboxylic acids is 1. The van der Waals surface area contributed by atoms with E-state index < -0.39 is 0 Å². The van der Waals surface area contributed by atoms with Crippen LogP contribution in [0.1, 0.15) is 17.5 Å². The lowest BCUT2D eigenvalue weighted by atomic mass is 9.97. The second-order valence-electron chi connectivity index (χ2n) is 4.07. The van der Waals surface area contributed by atoms with Gasteiger partial charge in [0, 0.05) is 0 Å². The Bertz CT molecular complexity index is 427. The number of aryl methyl sites for hydroxylation is 1. The number of carbonyl (C=O) groups is 1. The minimum Gasteiger partial charge on any atom is -0.467 e. The van der Waals surface area contributed by atoms with Gasteiger partial charge in [-0.15, -0.1) is 0 Å². The highest BCUT2D eigenvalue weighted by atomic mass is 16.7. The molecule has 1 saturated heterocycles. The predicted molar refractivity (Wildman–Crippen MR) is 53.3 cm³/mol. The van der Waals surface area contributed by atoms with Gasteiger partial charge in [0.1, 0.15) is 5.60 Å². The zero-order chi connectivity index (χ0) is 10.5. The number of hydrogen-bond donors (Lipinski definition) is 0. The highest BCUT2D eigenvalue weighted by molar-refractivity contribution is 5.80. The minimum absolute atomic E-state index is 0.258. The first-order valence-electron chi connectivity index (χ1n) is 5.12. The van der Waals surface area contributed by atoms with Crippen molar-refractivity contribution in [1.29, 1.82) is 0 Å². The molecule has 1 heterocycles. The first-order chi connectivity index (χ1) is 7.28. The lowest BCUT2D eigenvalue weighted by Crippen LogP contribution is -2.17. The quantitative estimate of drug-likeness (QED) is 0.512. The Hall–Kier alpha value is -1.35. The Balaban J connectivity index is 1.96. The molecule has 3 heteroatoms. The number of esters is 1. The third-order valence-electron chi connectivity index (χ3n) is 3.35. The summed E-state index contributed by atoms with van der Waals surface area (Å²) >= 11 is 0. The van der Waals surface area contributed by atoms with Crippen molar-refractivity contribution in [3.8, 4) is 0 Å². The number of ether oxygens (including phenoxy) is 2. The van der Waals surface area contributed by atoms with Gasteiger partial charge in [0.05, 0.1) is 7.11 Å². The van der Waals surface area contributed by atoms with Crippen LogP contribution >= 0.6 is 0 Å². The molecule has 1 fully saturated rings. The summed E-state index contributed by atoms with van der Waals surface area (Å²) in [5.41, 5.74) is 2.10. The van der Waals surface area contributed by atoms with E-state index in [1.54, 1.807) is 0 Å². The van der Waals surface area contributed by atoms with Gasteiger partial charge in [-0.2, -0.15) is 0 Å². The lowest BCUT2D eigenvalue weighted by Gasteiger charge is -2.04. The van der Waals surface area contributed by atoms with Crippen LogP contribution in [0, 0.1) is 0 Å². The van der Waals surface area contributed by atoms with Crippen LogP contribution in [0.15, 0.2) is 24.3 Å². The Kier molecular flexibility index (Phi) is 1.68. The maximum absolute atomic E-state index is 11.4. The molecule has 0 radical (unpaired) electrons. The van der Waals surface area contributed by atoms with Crippen LogP contribution in [0.2, 0.25) is 0 Å². The van der Waals surface area contributed by atoms with E-state index in [-0.39, 0.29) is 17.7 Å². The third kappa shape index (κ3) is 1.07. The van der Waals surface area contributed by atoms with Crippen LogP contribution in [0.3, 0.4) is 0 Å². The van der Waals surface area contributed by atoms with E-state index in [0.29, 0.717) is 0 Å². The fraction of sp³-hybridized carbons (Fsp3) is 0.417. The highest BCUT2D eigenvalue weighted by Gasteiger charge is 2.64. The average Bonchev–Trinajstić information content (AvgIpc) is 2.89. The fourth-order valence-electron chi connectivity index (χ4n) is 2.52. The molecule has 2 unspecified atom stereocenters. The first-order valence-corrected chi connectivity index (χ1v) is 5.12. The summed E-state index contributed by atoms with van der Waals surface area (Å²) in [6.45, 7) is 0. The van der Waals surface area contributed by atoms with E-state index in [0.717, 1.165) is 12.8 Å². The third-order valence-corrected chi connectivity index (χ3v) is 3.35. The van der Waals surface area contributed by atoms with E-state index in [4.69, 9.17) is 9.47 Å². The molecular formula is C12H12O3. The number of fused-ring (bicyclic) bond motifs is 2. The van der Waals surface area contributed by atoms with E-state index in [2.05, 4.69) is 6.07 Å². The molecule has 0 bridgehead atoms. The van der Waals surface area contributed by atoms with Crippen LogP contribution < -0.4 is 0 Å². The van der Waals surface area contributed by atoms with Gasteiger partial charge >= 0.3 is 5.97 Å². The number of rotatable bonds is 1. The normalized spacial score (nSPS) is 31.4. The van der Waals surface area contributed by atoms with Crippen molar-refractivity contribution in [2.75, 3.05) is 7.11 Å². The van der Waals surface area contributed by atoms with Gasteiger partial charge in [-0.3, -0.25) is 0 Å². The highest BCUT2D eigenvalue weighted by Crippen LogP contribution is 2.55. The van der Waals surface area contributed by atoms with Crippen molar-refractivity contribution >= 4 is 5.97 Å². The summed E-state index contributed by atoms with van der Waals surface area (Å²) in [6.07, 6.45) is 1.50. The molecule has 1 aromatic rings. The zero-order valence-corrected chi connectivity index (χ0v) is 8.53. The first kappa shape index (κ1) is 8.92. The van der Waals surface area contributed by atoms with Crippen molar-refractivity contribution in [3.05, 3.63) is 35.4 Å². The van der Waals surface area contributed by atoms with Gasteiger partial charge in [-0.05, 0) is 24.0 Å². The number of epoxide rings is 1. The van der Waals surface area contributed by atoms with Gasteiger partial charge < -0.3 is 9.47 Å². The standard InChI is InChI=1S/C12H12O3/c1-14-11(13)10-12(15-10)7-6-8-4-2-3-5-9(8)12/h2-5,10H,6-7H2,1H3. The molecule has 15 heavy (non-hydrogen) atoms. The van der Waals surface area contributed by atoms with Crippen LogP contribution in [-0.2, 0) is 26.3 Å². The molecular weight excluding hydrogens is 192 g/mol. The molecule has 3 rings (SSSR count). The van der Waals surface area contributed by atoms with E-state index in [1.165, 1.54) is 18.2 Å². The maximum Gasteiger partial charge on any atom is 0.338 e. The molecule has 0 amide bonds. The summed E-state index contributed by atoms with van der Waals surface area (Å²) in [6, 6.07) is 8.15. The molecule has 1 aliphatic heterocycles. The summed E-state index contributed by atoms with van der Waals surface area (Å²) in [5, 5.41) is 0. The van der Waals surface area contributed by atoms with Gasteiger partial charge in [-0.1, -0.05) is 24.3 Å². The number of methoxy groups -OCH3 is 1. The molecule has 0 aromatic heterocycles. The molecule has 0 N–H and O–H groups in total. The Morgan fingerprint density at radius 3 is 3.13 bits per heavy atom. The lowest BCUT2D eigenvalue weighted by molar-refractivity contribution is -0.142. The van der Waals surface area contributed by atoms with Gasteiger partial charge in [0.15, 0.2) is 6.10 Å². The second-order valence-corrected chi connectivity index (χ2v) is 4.07. The SMILES string of the molecule is COC(=O)C1OC12CCc1ccccc12. The molecule has 1 aromatic carbocycles. The fourth-order valence-corrected chi connectivity index (χ4v) is 2.52. The number of benzene rings is 1. The van der Waals surface area contributed by atoms with E-state index in [9.17, 15) is 4.79 Å². The summed E-state index contributed by atoms with van der Waals surface area (Å²) < 4.78 is 10.3. The summed E-state index contributed by atoms with van der Waals surface area (Å²) in [7, 11) is 1.40. The Labute approximate surface area is 88.0 Å². The molecule has 78 valence electrons. The van der Waals surface area contributed by atoms with Crippen molar-refractivity contribution in [3.63, 3.8) is 0 Å².